The highest BCUT2D eigenvalue weighted by atomic mass is 32.2. The van der Waals surface area contributed by atoms with Crippen molar-refractivity contribution in [1.29, 1.82) is 0 Å². The Bertz CT molecular complexity index is 457. The maximum absolute atomic E-state index is 11.6. The van der Waals surface area contributed by atoms with E-state index in [-0.39, 0.29) is 6.04 Å². The maximum atomic E-state index is 11.6. The van der Waals surface area contributed by atoms with Gasteiger partial charge in [0.2, 0.25) is 0 Å². The van der Waals surface area contributed by atoms with Crippen LogP contribution in [0.2, 0.25) is 0 Å². The summed E-state index contributed by atoms with van der Waals surface area (Å²) in [6, 6.07) is 7.17. The van der Waals surface area contributed by atoms with Crippen molar-refractivity contribution in [1.82, 2.24) is 0 Å². The van der Waals surface area contributed by atoms with Crippen LogP contribution in [0.4, 0.5) is 5.69 Å². The molecule has 0 bridgehead atoms. The topological polar surface area (TPSA) is 72.2 Å². The van der Waals surface area contributed by atoms with Gasteiger partial charge in [-0.3, -0.25) is 0 Å². The van der Waals surface area contributed by atoms with Crippen LogP contribution in [0.15, 0.2) is 29.2 Å². The summed E-state index contributed by atoms with van der Waals surface area (Å²) in [6.07, 6.45) is 3.07. The molecule has 0 spiro atoms. The van der Waals surface area contributed by atoms with Gasteiger partial charge in [0.1, 0.15) is 0 Å². The Morgan fingerprint density at radius 2 is 2.00 bits per heavy atom. The van der Waals surface area contributed by atoms with Gasteiger partial charge in [0, 0.05) is 12.3 Å². The van der Waals surface area contributed by atoms with Crippen molar-refractivity contribution in [2.75, 3.05) is 18.1 Å². The normalized spacial score (nSPS) is 13.4. The molecular weight excluding hydrogens is 236 g/mol. The Kier molecular flexibility index (Phi) is 4.96. The van der Waals surface area contributed by atoms with E-state index in [9.17, 15) is 8.42 Å². The van der Waals surface area contributed by atoms with E-state index >= 15 is 0 Å². The van der Waals surface area contributed by atoms with Crippen LogP contribution in [0, 0.1) is 0 Å². The van der Waals surface area contributed by atoms with Crippen molar-refractivity contribution in [3.05, 3.63) is 24.3 Å². The van der Waals surface area contributed by atoms with E-state index in [0.29, 0.717) is 17.1 Å². The zero-order valence-electron chi connectivity index (χ0n) is 10.3. The van der Waals surface area contributed by atoms with Crippen molar-refractivity contribution in [2.24, 2.45) is 5.73 Å². The molecule has 1 aromatic rings. The molecule has 17 heavy (non-hydrogen) atoms. The number of hydrogen-bond donors (Lipinski definition) is 2. The lowest BCUT2D eigenvalue weighted by molar-refractivity contribution is 0.601. The smallest absolute Gasteiger partial charge is 0.177 e. The molecule has 1 atom stereocenters. The van der Waals surface area contributed by atoms with Crippen molar-refractivity contribution in [3.8, 4) is 0 Å². The van der Waals surface area contributed by atoms with Gasteiger partial charge in [-0.15, -0.1) is 0 Å². The molecule has 3 N–H and O–H groups in total. The average Bonchev–Trinajstić information content (AvgIpc) is 2.25. The molecule has 0 radical (unpaired) electrons. The molecule has 0 fully saturated rings. The molecule has 0 amide bonds. The Morgan fingerprint density at radius 3 is 2.59 bits per heavy atom. The molecule has 0 heterocycles. The molecule has 1 unspecified atom stereocenters. The molecular formula is C12H20N2O2S. The summed E-state index contributed by atoms with van der Waals surface area (Å²) in [4.78, 5) is 0.347. The molecule has 0 saturated carbocycles. The van der Waals surface area contributed by atoms with Crippen molar-refractivity contribution >= 4 is 15.5 Å². The minimum Gasteiger partial charge on any atom is -0.382 e. The van der Waals surface area contributed by atoms with Crippen LogP contribution >= 0.6 is 0 Å². The monoisotopic (exact) mass is 256 g/mol. The van der Waals surface area contributed by atoms with Crippen molar-refractivity contribution in [2.45, 2.75) is 30.7 Å². The van der Waals surface area contributed by atoms with Gasteiger partial charge in [-0.2, -0.15) is 0 Å². The summed E-state index contributed by atoms with van der Waals surface area (Å²) in [7, 11) is -3.19. The Balaban J connectivity index is 2.84. The molecule has 4 nitrogen and oxygen atoms in total. The van der Waals surface area contributed by atoms with Crippen LogP contribution in [0.3, 0.4) is 0 Å². The van der Waals surface area contributed by atoms with Crippen LogP contribution in [0.1, 0.15) is 19.8 Å². The molecule has 0 aliphatic carbocycles. The van der Waals surface area contributed by atoms with E-state index in [2.05, 4.69) is 5.32 Å². The summed E-state index contributed by atoms with van der Waals surface area (Å²) < 4.78 is 23.2. The quantitative estimate of drug-likeness (QED) is 0.811. The predicted octanol–water partition coefficient (Wildman–Crippen LogP) is 1.63. The number of nitrogens with two attached hydrogens (primary N) is 1. The van der Waals surface area contributed by atoms with Crippen LogP contribution < -0.4 is 11.1 Å². The Labute approximate surface area is 103 Å². The second-order valence-corrected chi connectivity index (χ2v) is 6.23. The van der Waals surface area contributed by atoms with Crippen LogP contribution in [-0.4, -0.2) is 27.3 Å². The van der Waals surface area contributed by atoms with Gasteiger partial charge in [0.05, 0.1) is 10.6 Å². The first kappa shape index (κ1) is 14.0. The summed E-state index contributed by atoms with van der Waals surface area (Å²) in [5.41, 5.74) is 6.11. The zero-order valence-corrected chi connectivity index (χ0v) is 11.1. The number of sulfone groups is 1. The van der Waals surface area contributed by atoms with Crippen molar-refractivity contribution < 1.29 is 8.42 Å². The Morgan fingerprint density at radius 1 is 1.35 bits per heavy atom. The van der Waals surface area contributed by atoms with Crippen molar-refractivity contribution in [3.63, 3.8) is 0 Å². The van der Waals surface area contributed by atoms with E-state index in [1.807, 2.05) is 13.0 Å². The SMILES string of the molecule is CC(CCCN)Nc1ccccc1S(C)(=O)=O. The Hall–Kier alpha value is -1.07. The van der Waals surface area contributed by atoms with Gasteiger partial charge < -0.3 is 11.1 Å². The largest absolute Gasteiger partial charge is 0.382 e. The van der Waals surface area contributed by atoms with Gasteiger partial charge in [0.25, 0.3) is 0 Å². The summed E-state index contributed by atoms with van der Waals surface area (Å²) >= 11 is 0. The lowest BCUT2D eigenvalue weighted by Gasteiger charge is -2.17. The standard InChI is InChI=1S/C12H20N2O2S/c1-10(6-5-9-13)14-11-7-3-4-8-12(11)17(2,15)16/h3-4,7-8,10,14H,5-6,9,13H2,1-2H3. The minimum atomic E-state index is -3.19. The summed E-state index contributed by atoms with van der Waals surface area (Å²) in [6.45, 7) is 2.68. The number of nitrogens with one attached hydrogen (secondary N) is 1. The number of para-hydroxylation sites is 1. The van der Waals surface area contributed by atoms with E-state index in [1.54, 1.807) is 18.2 Å². The number of benzene rings is 1. The fraction of sp³-hybridized carbons (Fsp3) is 0.500. The van der Waals surface area contributed by atoms with Gasteiger partial charge in [-0.1, -0.05) is 12.1 Å². The second-order valence-electron chi connectivity index (χ2n) is 4.24. The fourth-order valence-electron chi connectivity index (χ4n) is 1.67. The molecule has 0 aliphatic heterocycles. The third-order valence-electron chi connectivity index (χ3n) is 2.53. The molecule has 0 saturated heterocycles. The fourth-order valence-corrected chi connectivity index (χ4v) is 2.52. The first-order valence-electron chi connectivity index (χ1n) is 5.71. The summed E-state index contributed by atoms with van der Waals surface area (Å²) in [5, 5.41) is 3.22. The second kappa shape index (κ2) is 6.02. The highest BCUT2D eigenvalue weighted by Gasteiger charge is 2.13. The molecule has 1 rings (SSSR count). The van der Waals surface area contributed by atoms with Gasteiger partial charge in [0.15, 0.2) is 9.84 Å². The summed E-state index contributed by atoms with van der Waals surface area (Å²) in [5.74, 6) is 0. The molecule has 0 aromatic heterocycles. The number of anilines is 1. The predicted molar refractivity (Wildman–Crippen MR) is 70.9 cm³/mol. The van der Waals surface area contributed by atoms with Crippen LogP contribution in [0.25, 0.3) is 0 Å². The first-order valence-corrected chi connectivity index (χ1v) is 7.60. The minimum absolute atomic E-state index is 0.210. The molecule has 0 aliphatic rings. The van der Waals surface area contributed by atoms with Crippen LogP contribution in [0.5, 0.6) is 0 Å². The lowest BCUT2D eigenvalue weighted by Crippen LogP contribution is -2.18. The third kappa shape index (κ3) is 4.36. The average molecular weight is 256 g/mol. The number of rotatable bonds is 6. The number of hydrogen-bond acceptors (Lipinski definition) is 4. The molecule has 5 heteroatoms. The van der Waals surface area contributed by atoms with Gasteiger partial charge >= 0.3 is 0 Å². The highest BCUT2D eigenvalue weighted by molar-refractivity contribution is 7.90. The molecule has 1 aromatic carbocycles. The molecule has 96 valence electrons. The zero-order chi connectivity index (χ0) is 12.9. The third-order valence-corrected chi connectivity index (χ3v) is 3.68. The van der Waals surface area contributed by atoms with E-state index < -0.39 is 9.84 Å². The van der Waals surface area contributed by atoms with E-state index in [1.165, 1.54) is 6.26 Å². The van der Waals surface area contributed by atoms with E-state index in [4.69, 9.17) is 5.73 Å². The van der Waals surface area contributed by atoms with E-state index in [0.717, 1.165) is 12.8 Å². The first-order chi connectivity index (χ1) is 7.95. The lowest BCUT2D eigenvalue weighted by atomic mass is 10.1. The highest BCUT2D eigenvalue weighted by Crippen LogP contribution is 2.21. The van der Waals surface area contributed by atoms with Gasteiger partial charge in [-0.05, 0) is 38.4 Å². The van der Waals surface area contributed by atoms with Gasteiger partial charge in [-0.25, -0.2) is 8.42 Å². The van der Waals surface area contributed by atoms with Crippen LogP contribution in [-0.2, 0) is 9.84 Å². The maximum Gasteiger partial charge on any atom is 0.177 e.